The minimum absolute atomic E-state index is 0.705. The van der Waals surface area contributed by atoms with E-state index in [0.717, 1.165) is 44.4 Å². The molecule has 0 aliphatic carbocycles. The Labute approximate surface area is 354 Å². The summed E-state index contributed by atoms with van der Waals surface area (Å²) in [6.45, 7) is 0. The van der Waals surface area contributed by atoms with Gasteiger partial charge in [0.25, 0.3) is 0 Å². The molecule has 284 valence electrons. The summed E-state index contributed by atoms with van der Waals surface area (Å²) in [6, 6.07) is 74.1. The molecule has 0 fully saturated rings. The van der Waals surface area contributed by atoms with Crippen LogP contribution in [0.15, 0.2) is 206 Å². The lowest BCUT2D eigenvalue weighted by Crippen LogP contribution is -1.98. The molecule has 9 aromatic carbocycles. The maximum atomic E-state index is 5.23. The molecule has 0 atom stereocenters. The quantitative estimate of drug-likeness (QED) is 0.174. The molecule has 0 saturated carbocycles. The van der Waals surface area contributed by atoms with E-state index in [-0.39, 0.29) is 0 Å². The topological polar surface area (TPSA) is 35.6 Å². The van der Waals surface area contributed by atoms with Crippen molar-refractivity contribution in [3.63, 3.8) is 0 Å². The van der Waals surface area contributed by atoms with Crippen LogP contribution >= 0.6 is 11.3 Å². The van der Waals surface area contributed by atoms with Crippen LogP contribution in [-0.4, -0.2) is 19.1 Å². The van der Waals surface area contributed by atoms with Crippen LogP contribution in [0.25, 0.3) is 120 Å². The molecule has 4 heterocycles. The fourth-order valence-corrected chi connectivity index (χ4v) is 11.0. The number of aromatic nitrogens is 4. The molecule has 0 radical (unpaired) electrons. The predicted molar refractivity (Wildman–Crippen MR) is 257 cm³/mol. The summed E-state index contributed by atoms with van der Waals surface area (Å²) in [4.78, 5) is 10.3. The van der Waals surface area contributed by atoms with E-state index in [0.29, 0.717) is 5.82 Å². The van der Waals surface area contributed by atoms with Crippen molar-refractivity contribution in [1.82, 2.24) is 19.1 Å². The van der Waals surface area contributed by atoms with E-state index in [1.54, 1.807) is 0 Å². The molecule has 0 saturated heterocycles. The van der Waals surface area contributed by atoms with Gasteiger partial charge in [-0.1, -0.05) is 158 Å². The van der Waals surface area contributed by atoms with Crippen molar-refractivity contribution < 1.29 is 0 Å². The van der Waals surface area contributed by atoms with E-state index in [1.807, 2.05) is 23.5 Å². The van der Waals surface area contributed by atoms with Crippen LogP contribution in [0.4, 0.5) is 0 Å². The fourth-order valence-electron chi connectivity index (χ4n) is 9.69. The Hall–Kier alpha value is -7.86. The van der Waals surface area contributed by atoms with Crippen LogP contribution in [0.2, 0.25) is 0 Å². The van der Waals surface area contributed by atoms with E-state index in [9.17, 15) is 0 Å². The van der Waals surface area contributed by atoms with Crippen LogP contribution in [0, 0.1) is 0 Å². The number of nitrogens with zero attached hydrogens (tertiary/aromatic N) is 4. The van der Waals surface area contributed by atoms with Gasteiger partial charge in [-0.15, -0.1) is 11.3 Å². The first kappa shape index (κ1) is 34.0. The van der Waals surface area contributed by atoms with Gasteiger partial charge in [0.15, 0.2) is 5.82 Å². The van der Waals surface area contributed by atoms with Crippen LogP contribution in [-0.2, 0) is 0 Å². The van der Waals surface area contributed by atoms with Gasteiger partial charge in [0, 0.05) is 59.2 Å². The molecule has 4 nitrogen and oxygen atoms in total. The van der Waals surface area contributed by atoms with Gasteiger partial charge in [0.2, 0.25) is 0 Å². The first-order valence-electron chi connectivity index (χ1n) is 20.7. The molecule has 13 rings (SSSR count). The maximum Gasteiger partial charge on any atom is 0.160 e. The summed E-state index contributed by atoms with van der Waals surface area (Å²) < 4.78 is 7.51. The minimum Gasteiger partial charge on any atom is -0.309 e. The summed E-state index contributed by atoms with van der Waals surface area (Å²) in [5, 5.41) is 8.58. The van der Waals surface area contributed by atoms with Crippen molar-refractivity contribution in [3.8, 4) is 45.1 Å². The molecular weight excluding hydrogens is 761 g/mol. The second-order valence-corrected chi connectivity index (χ2v) is 16.7. The zero-order valence-corrected chi connectivity index (χ0v) is 33.6. The first-order valence-corrected chi connectivity index (χ1v) is 21.5. The Morgan fingerprint density at radius 2 is 0.918 bits per heavy atom. The standard InChI is InChI=1S/C56H34N4S/c1-3-16-35(17-4-1)39-25-14-26-40-41-27-15-31-50(55(41)61-54(39)40)60-47-30-12-9-24-44(47)52-49(60)33-32-48-51(52)43-23-8-11-29-46(43)59(48)38-21-13-20-37(34-38)56-57-45-28-10-7-22-42(45)53(58-56)36-18-5-2-6-19-36/h1-34H. The summed E-state index contributed by atoms with van der Waals surface area (Å²) in [6.07, 6.45) is 0. The van der Waals surface area contributed by atoms with Crippen molar-refractivity contribution in [3.05, 3.63) is 206 Å². The molecule has 4 aromatic heterocycles. The molecule has 5 heteroatoms. The van der Waals surface area contributed by atoms with Crippen molar-refractivity contribution >= 4 is 86.0 Å². The molecular formula is C56H34N4S. The largest absolute Gasteiger partial charge is 0.309 e. The molecule has 0 amide bonds. The minimum atomic E-state index is 0.705. The van der Waals surface area contributed by atoms with Crippen LogP contribution in [0.5, 0.6) is 0 Å². The van der Waals surface area contributed by atoms with Crippen LogP contribution < -0.4 is 0 Å². The van der Waals surface area contributed by atoms with Gasteiger partial charge in [0.05, 0.1) is 43.7 Å². The molecule has 13 aromatic rings. The average molecular weight is 795 g/mol. The van der Waals surface area contributed by atoms with Gasteiger partial charge in [0.1, 0.15) is 0 Å². The highest BCUT2D eigenvalue weighted by molar-refractivity contribution is 7.26. The molecule has 61 heavy (non-hydrogen) atoms. The van der Waals surface area contributed by atoms with Gasteiger partial charge in [-0.05, 0) is 59.7 Å². The lowest BCUT2D eigenvalue weighted by molar-refractivity contribution is 1.17. The predicted octanol–water partition coefficient (Wildman–Crippen LogP) is 15.2. The Morgan fingerprint density at radius 3 is 1.67 bits per heavy atom. The fraction of sp³-hybridized carbons (Fsp3) is 0. The smallest absolute Gasteiger partial charge is 0.160 e. The lowest BCUT2D eigenvalue weighted by atomic mass is 10.0. The van der Waals surface area contributed by atoms with Gasteiger partial charge in [-0.25, -0.2) is 9.97 Å². The third kappa shape index (κ3) is 5.11. The third-order valence-corrected chi connectivity index (χ3v) is 13.6. The highest BCUT2D eigenvalue weighted by Crippen LogP contribution is 2.46. The van der Waals surface area contributed by atoms with Crippen molar-refractivity contribution in [2.45, 2.75) is 0 Å². The number of rotatable bonds is 5. The number of benzene rings is 9. The lowest BCUT2D eigenvalue weighted by Gasteiger charge is -2.12. The summed E-state index contributed by atoms with van der Waals surface area (Å²) in [5.41, 5.74) is 13.4. The zero-order chi connectivity index (χ0) is 40.0. The number of fused-ring (bicyclic) bond motifs is 11. The molecule has 0 N–H and O–H groups in total. The van der Waals surface area contributed by atoms with Crippen LogP contribution in [0.3, 0.4) is 0 Å². The Balaban J connectivity index is 1.04. The number of hydrogen-bond acceptors (Lipinski definition) is 3. The summed E-state index contributed by atoms with van der Waals surface area (Å²) in [5.74, 6) is 0.705. The average Bonchev–Trinajstić information content (AvgIpc) is 4.00. The second-order valence-electron chi connectivity index (χ2n) is 15.7. The molecule has 0 spiro atoms. The molecule has 0 unspecified atom stereocenters. The number of para-hydroxylation sites is 3. The molecule has 0 aliphatic rings. The van der Waals surface area contributed by atoms with E-state index in [4.69, 9.17) is 9.97 Å². The van der Waals surface area contributed by atoms with Gasteiger partial charge in [-0.3, -0.25) is 0 Å². The van der Waals surface area contributed by atoms with Crippen molar-refractivity contribution in [2.75, 3.05) is 0 Å². The molecule has 0 aliphatic heterocycles. The third-order valence-electron chi connectivity index (χ3n) is 12.3. The van der Waals surface area contributed by atoms with Crippen LogP contribution in [0.1, 0.15) is 0 Å². The normalized spacial score (nSPS) is 11.9. The SMILES string of the molecule is c1ccc(-c2nc(-c3cccc(-n4c5ccccc5c5c6c7ccccc7n(-c7cccc8c7sc7c(-c9ccccc9)cccc78)c6ccc54)c3)nc3ccccc23)cc1. The van der Waals surface area contributed by atoms with E-state index >= 15 is 0 Å². The van der Waals surface area contributed by atoms with Crippen molar-refractivity contribution in [2.24, 2.45) is 0 Å². The van der Waals surface area contributed by atoms with Gasteiger partial charge < -0.3 is 9.13 Å². The number of thiophene rings is 1. The van der Waals surface area contributed by atoms with E-state index < -0.39 is 0 Å². The van der Waals surface area contributed by atoms with E-state index in [2.05, 4.69) is 203 Å². The number of hydrogen-bond donors (Lipinski definition) is 0. The Bertz CT molecular complexity index is 3880. The van der Waals surface area contributed by atoms with E-state index in [1.165, 1.54) is 69.6 Å². The Kier molecular flexibility index (Phi) is 7.44. The highest BCUT2D eigenvalue weighted by atomic mass is 32.1. The second kappa shape index (κ2) is 13.3. The Morgan fingerprint density at radius 1 is 0.361 bits per heavy atom. The highest BCUT2D eigenvalue weighted by Gasteiger charge is 2.23. The first-order chi connectivity index (χ1) is 30.3. The molecule has 0 bridgehead atoms. The van der Waals surface area contributed by atoms with Gasteiger partial charge >= 0.3 is 0 Å². The van der Waals surface area contributed by atoms with Gasteiger partial charge in [-0.2, -0.15) is 0 Å². The monoisotopic (exact) mass is 794 g/mol. The zero-order valence-electron chi connectivity index (χ0n) is 32.8. The maximum absolute atomic E-state index is 5.23. The summed E-state index contributed by atoms with van der Waals surface area (Å²) in [7, 11) is 0. The van der Waals surface area contributed by atoms with Crippen molar-refractivity contribution in [1.29, 1.82) is 0 Å². The summed E-state index contributed by atoms with van der Waals surface area (Å²) >= 11 is 1.90.